The normalized spacial score (nSPS) is 10.5. The lowest BCUT2D eigenvalue weighted by molar-refractivity contribution is 0.102. The third-order valence-electron chi connectivity index (χ3n) is 3.24. The average molecular weight is 279 g/mol. The largest absolute Gasteiger partial charge is 0.322 e. The molecule has 5 heteroatoms. The zero-order chi connectivity index (χ0) is 14.8. The summed E-state index contributed by atoms with van der Waals surface area (Å²) in [7, 11) is 0. The van der Waals surface area contributed by atoms with E-state index in [0.29, 0.717) is 22.3 Å². The summed E-state index contributed by atoms with van der Waals surface area (Å²) in [5.74, 6) is 0.144. The molecule has 2 heterocycles. The summed E-state index contributed by atoms with van der Waals surface area (Å²) >= 11 is 0. The van der Waals surface area contributed by atoms with Crippen LogP contribution in [0.25, 0.3) is 10.9 Å². The molecule has 0 unspecified atom stereocenters. The smallest absolute Gasteiger partial charge is 0.257 e. The van der Waals surface area contributed by atoms with Gasteiger partial charge in [0.1, 0.15) is 5.82 Å². The molecule has 0 radical (unpaired) electrons. The number of hydrogen-bond donors (Lipinski definition) is 2. The highest BCUT2D eigenvalue weighted by atomic mass is 16.2. The number of fused-ring (bicyclic) bond motifs is 1. The first-order valence-corrected chi connectivity index (χ1v) is 6.50. The first-order chi connectivity index (χ1) is 10.1. The molecule has 0 aliphatic heterocycles. The first kappa shape index (κ1) is 13.1. The van der Waals surface area contributed by atoms with Gasteiger partial charge in [-0.25, -0.2) is 4.98 Å². The standard InChI is InChI=1S/C16H13N3O2/c1-10-5-4-8-17-15(10)19-16(21)12-9-14(20)18-13-7-3-2-6-11(12)13/h2-9H,1H3,(H,18,20)(H,17,19,21). The zero-order valence-corrected chi connectivity index (χ0v) is 11.4. The highest BCUT2D eigenvalue weighted by Crippen LogP contribution is 2.17. The zero-order valence-electron chi connectivity index (χ0n) is 11.4. The third-order valence-corrected chi connectivity index (χ3v) is 3.24. The number of H-pyrrole nitrogens is 1. The van der Waals surface area contributed by atoms with Crippen molar-refractivity contribution in [2.24, 2.45) is 0 Å². The fraction of sp³-hybridized carbons (Fsp3) is 0.0625. The second-order valence-electron chi connectivity index (χ2n) is 4.72. The monoisotopic (exact) mass is 279 g/mol. The van der Waals surface area contributed by atoms with Gasteiger partial charge in [0.2, 0.25) is 5.56 Å². The van der Waals surface area contributed by atoms with E-state index in [0.717, 1.165) is 5.56 Å². The van der Waals surface area contributed by atoms with Gasteiger partial charge in [0.05, 0.1) is 5.56 Å². The number of para-hydroxylation sites is 1. The Morgan fingerprint density at radius 2 is 2.00 bits per heavy atom. The van der Waals surface area contributed by atoms with Gasteiger partial charge in [0.25, 0.3) is 5.91 Å². The van der Waals surface area contributed by atoms with Crippen LogP contribution in [-0.4, -0.2) is 15.9 Å². The lowest BCUT2D eigenvalue weighted by Crippen LogP contribution is -2.18. The quantitative estimate of drug-likeness (QED) is 0.756. The molecule has 3 rings (SSSR count). The summed E-state index contributed by atoms with van der Waals surface area (Å²) < 4.78 is 0. The van der Waals surface area contributed by atoms with Crippen molar-refractivity contribution in [2.45, 2.75) is 6.92 Å². The number of aromatic nitrogens is 2. The average Bonchev–Trinajstić information content (AvgIpc) is 2.48. The number of aromatic amines is 1. The van der Waals surface area contributed by atoms with Crippen molar-refractivity contribution in [1.82, 2.24) is 9.97 Å². The molecule has 21 heavy (non-hydrogen) atoms. The number of pyridine rings is 2. The van der Waals surface area contributed by atoms with Crippen LogP contribution in [0.5, 0.6) is 0 Å². The Morgan fingerprint density at radius 1 is 1.19 bits per heavy atom. The summed E-state index contributed by atoms with van der Waals surface area (Å²) in [6, 6.07) is 12.2. The Balaban J connectivity index is 2.06. The summed E-state index contributed by atoms with van der Waals surface area (Å²) in [5, 5.41) is 3.44. The summed E-state index contributed by atoms with van der Waals surface area (Å²) in [6.45, 7) is 1.86. The maximum atomic E-state index is 12.4. The van der Waals surface area contributed by atoms with Gasteiger partial charge in [0, 0.05) is 23.2 Å². The van der Waals surface area contributed by atoms with Crippen molar-refractivity contribution in [2.75, 3.05) is 5.32 Å². The van der Waals surface area contributed by atoms with E-state index in [1.165, 1.54) is 6.07 Å². The van der Waals surface area contributed by atoms with E-state index in [9.17, 15) is 9.59 Å². The van der Waals surface area contributed by atoms with E-state index in [4.69, 9.17) is 0 Å². The van der Waals surface area contributed by atoms with Gasteiger partial charge in [-0.15, -0.1) is 0 Å². The fourth-order valence-electron chi connectivity index (χ4n) is 2.18. The number of nitrogens with zero attached hydrogens (tertiary/aromatic N) is 1. The first-order valence-electron chi connectivity index (χ1n) is 6.50. The molecule has 0 saturated carbocycles. The van der Waals surface area contributed by atoms with Gasteiger partial charge in [-0.05, 0) is 24.6 Å². The van der Waals surface area contributed by atoms with Crippen LogP contribution in [0, 0.1) is 6.92 Å². The SMILES string of the molecule is Cc1cccnc1NC(=O)c1cc(=O)[nH]c2ccccc12. The summed E-state index contributed by atoms with van der Waals surface area (Å²) in [5.41, 5.74) is 1.52. The molecule has 0 aliphatic carbocycles. The van der Waals surface area contributed by atoms with Gasteiger partial charge in [-0.2, -0.15) is 0 Å². The van der Waals surface area contributed by atoms with Crippen molar-refractivity contribution in [3.63, 3.8) is 0 Å². The summed E-state index contributed by atoms with van der Waals surface area (Å²) in [4.78, 5) is 30.9. The Labute approximate surface area is 120 Å². The Bertz CT molecular complexity index is 884. The number of amides is 1. The number of anilines is 1. The lowest BCUT2D eigenvalue weighted by atomic mass is 10.1. The van der Waals surface area contributed by atoms with Gasteiger partial charge < -0.3 is 10.3 Å². The number of carbonyl (C=O) groups excluding carboxylic acids is 1. The minimum atomic E-state index is -0.348. The molecule has 0 aliphatic rings. The maximum absolute atomic E-state index is 12.4. The summed E-state index contributed by atoms with van der Waals surface area (Å²) in [6.07, 6.45) is 1.61. The van der Waals surface area contributed by atoms with Crippen LogP contribution in [0.2, 0.25) is 0 Å². The van der Waals surface area contributed by atoms with Gasteiger partial charge in [-0.1, -0.05) is 24.3 Å². The molecule has 1 amide bonds. The van der Waals surface area contributed by atoms with Crippen LogP contribution in [0.4, 0.5) is 5.82 Å². The third kappa shape index (κ3) is 2.53. The van der Waals surface area contributed by atoms with Crippen molar-refractivity contribution >= 4 is 22.6 Å². The van der Waals surface area contributed by atoms with Crippen LogP contribution in [0.3, 0.4) is 0 Å². The van der Waals surface area contributed by atoms with E-state index in [-0.39, 0.29) is 11.5 Å². The predicted octanol–water partition coefficient (Wildman–Crippen LogP) is 2.48. The molecule has 0 fully saturated rings. The minimum Gasteiger partial charge on any atom is -0.322 e. The fourth-order valence-corrected chi connectivity index (χ4v) is 2.18. The van der Waals surface area contributed by atoms with E-state index in [1.54, 1.807) is 24.4 Å². The van der Waals surface area contributed by atoms with Gasteiger partial charge >= 0.3 is 0 Å². The molecule has 0 bridgehead atoms. The molecule has 0 atom stereocenters. The minimum absolute atomic E-state index is 0.309. The molecule has 2 N–H and O–H groups in total. The maximum Gasteiger partial charge on any atom is 0.257 e. The van der Waals surface area contributed by atoms with E-state index < -0.39 is 0 Å². The predicted molar refractivity (Wildman–Crippen MR) is 81.5 cm³/mol. The van der Waals surface area contributed by atoms with Crippen LogP contribution < -0.4 is 10.9 Å². The van der Waals surface area contributed by atoms with Crippen molar-refractivity contribution in [3.8, 4) is 0 Å². The lowest BCUT2D eigenvalue weighted by Gasteiger charge is -2.08. The topological polar surface area (TPSA) is 74.8 Å². The molecule has 0 spiro atoms. The van der Waals surface area contributed by atoms with E-state index in [1.807, 2.05) is 25.1 Å². The highest BCUT2D eigenvalue weighted by molar-refractivity contribution is 6.12. The Kier molecular flexibility index (Phi) is 3.23. The number of benzene rings is 1. The van der Waals surface area contributed by atoms with Crippen LogP contribution in [0.15, 0.2) is 53.5 Å². The molecular weight excluding hydrogens is 266 g/mol. The highest BCUT2D eigenvalue weighted by Gasteiger charge is 2.13. The van der Waals surface area contributed by atoms with E-state index in [2.05, 4.69) is 15.3 Å². The van der Waals surface area contributed by atoms with Crippen molar-refractivity contribution in [3.05, 3.63) is 70.1 Å². The van der Waals surface area contributed by atoms with Crippen molar-refractivity contribution in [1.29, 1.82) is 0 Å². The molecule has 2 aromatic heterocycles. The van der Waals surface area contributed by atoms with Crippen LogP contribution in [0.1, 0.15) is 15.9 Å². The molecule has 5 nitrogen and oxygen atoms in total. The molecule has 104 valence electrons. The Morgan fingerprint density at radius 3 is 2.81 bits per heavy atom. The van der Waals surface area contributed by atoms with Crippen LogP contribution in [-0.2, 0) is 0 Å². The number of aryl methyl sites for hydroxylation is 1. The molecule has 3 aromatic rings. The van der Waals surface area contributed by atoms with Crippen molar-refractivity contribution < 1.29 is 4.79 Å². The van der Waals surface area contributed by atoms with E-state index >= 15 is 0 Å². The number of rotatable bonds is 2. The molecule has 1 aromatic carbocycles. The van der Waals surface area contributed by atoms with Crippen LogP contribution >= 0.6 is 0 Å². The second kappa shape index (κ2) is 5.20. The number of carbonyl (C=O) groups is 1. The van der Waals surface area contributed by atoms with Gasteiger partial charge in [0.15, 0.2) is 0 Å². The van der Waals surface area contributed by atoms with Gasteiger partial charge in [-0.3, -0.25) is 9.59 Å². The second-order valence-corrected chi connectivity index (χ2v) is 4.72. The molecule has 0 saturated heterocycles. The Hall–Kier alpha value is -2.95. The molecular formula is C16H13N3O2. The number of nitrogens with one attached hydrogen (secondary N) is 2. The number of hydrogen-bond acceptors (Lipinski definition) is 3.